The first-order valence-electron chi connectivity index (χ1n) is 11.0. The first kappa shape index (κ1) is 23.9. The van der Waals surface area contributed by atoms with Crippen molar-refractivity contribution in [3.63, 3.8) is 0 Å². The Morgan fingerprint density at radius 1 is 1.03 bits per heavy atom. The van der Waals surface area contributed by atoms with Gasteiger partial charge in [0, 0.05) is 25.0 Å². The number of aliphatic hydroxyl groups is 2. The largest absolute Gasteiger partial charge is 0.493 e. The Morgan fingerprint density at radius 2 is 1.65 bits per heavy atom. The smallest absolute Gasteiger partial charge is 0.238 e. The number of hydrogen-bond donors (Lipinski definition) is 4. The van der Waals surface area contributed by atoms with E-state index in [0.29, 0.717) is 52.0 Å². The van der Waals surface area contributed by atoms with E-state index in [4.69, 9.17) is 23.7 Å². The highest BCUT2D eigenvalue weighted by Crippen LogP contribution is 2.53. The molecule has 0 saturated carbocycles. The van der Waals surface area contributed by atoms with Gasteiger partial charge >= 0.3 is 0 Å². The molecule has 0 fully saturated rings. The third-order valence-corrected chi connectivity index (χ3v) is 6.41. The second kappa shape index (κ2) is 9.96. The molecule has 2 aromatic rings. The van der Waals surface area contributed by atoms with Crippen LogP contribution in [0.15, 0.2) is 24.3 Å². The van der Waals surface area contributed by atoms with Crippen molar-refractivity contribution in [3.8, 4) is 28.7 Å². The van der Waals surface area contributed by atoms with E-state index >= 15 is 0 Å². The molecule has 2 aliphatic rings. The first-order valence-corrected chi connectivity index (χ1v) is 11.0. The molecule has 0 spiro atoms. The third-order valence-electron chi connectivity index (χ3n) is 6.41. The summed E-state index contributed by atoms with van der Waals surface area (Å²) in [6.45, 7) is 2.03. The SMILES string of the molecule is CCNNC(=O)[C@@H]1[C@H](c2cc(OC)c(OC)c(OC)c2)c2cc3c(cc2[C@H](O)[C@H]1CO)OCO3. The number of amides is 1. The van der Waals surface area contributed by atoms with E-state index in [-0.39, 0.29) is 12.7 Å². The number of benzene rings is 2. The van der Waals surface area contributed by atoms with Crippen LogP contribution >= 0.6 is 0 Å². The minimum atomic E-state index is -1.09. The number of nitrogens with one attached hydrogen (secondary N) is 2. The zero-order chi connectivity index (χ0) is 24.4. The average Bonchev–Trinajstić information content (AvgIpc) is 3.32. The van der Waals surface area contributed by atoms with E-state index in [9.17, 15) is 15.0 Å². The van der Waals surface area contributed by atoms with Gasteiger partial charge < -0.3 is 33.9 Å². The molecule has 4 rings (SSSR count). The van der Waals surface area contributed by atoms with Gasteiger partial charge in [-0.3, -0.25) is 10.2 Å². The van der Waals surface area contributed by atoms with Gasteiger partial charge in [0.2, 0.25) is 18.4 Å². The van der Waals surface area contributed by atoms with Crippen LogP contribution < -0.4 is 34.5 Å². The Kier molecular flexibility index (Phi) is 7.01. The molecule has 184 valence electrons. The Morgan fingerprint density at radius 3 is 2.18 bits per heavy atom. The quantitative estimate of drug-likeness (QED) is 0.421. The fourth-order valence-corrected chi connectivity index (χ4v) is 4.85. The van der Waals surface area contributed by atoms with Crippen molar-refractivity contribution in [1.29, 1.82) is 0 Å². The summed E-state index contributed by atoms with van der Waals surface area (Å²) in [7, 11) is 4.55. The maximum Gasteiger partial charge on any atom is 0.238 e. The summed E-state index contributed by atoms with van der Waals surface area (Å²) in [6.07, 6.45) is -1.09. The monoisotopic (exact) mass is 474 g/mol. The lowest BCUT2D eigenvalue weighted by Gasteiger charge is -2.41. The van der Waals surface area contributed by atoms with E-state index in [1.165, 1.54) is 21.3 Å². The zero-order valence-electron chi connectivity index (χ0n) is 19.6. The number of ether oxygens (including phenoxy) is 5. The zero-order valence-corrected chi connectivity index (χ0v) is 19.6. The molecule has 34 heavy (non-hydrogen) atoms. The lowest BCUT2D eigenvalue weighted by Crippen LogP contribution is -2.49. The van der Waals surface area contributed by atoms with E-state index in [1.54, 1.807) is 24.3 Å². The van der Waals surface area contributed by atoms with Crippen molar-refractivity contribution in [2.75, 3.05) is 41.3 Å². The van der Waals surface area contributed by atoms with Crippen LogP contribution in [0.3, 0.4) is 0 Å². The maximum atomic E-state index is 13.4. The highest BCUT2D eigenvalue weighted by molar-refractivity contribution is 5.81. The summed E-state index contributed by atoms with van der Waals surface area (Å²) in [5.74, 6) is -0.230. The number of hydrogen-bond acceptors (Lipinski definition) is 9. The summed E-state index contributed by atoms with van der Waals surface area (Å²) in [5, 5.41) is 21.5. The summed E-state index contributed by atoms with van der Waals surface area (Å²) >= 11 is 0. The lowest BCUT2D eigenvalue weighted by molar-refractivity contribution is -0.132. The molecule has 1 aliphatic heterocycles. The van der Waals surface area contributed by atoms with E-state index in [1.807, 2.05) is 6.92 Å². The van der Waals surface area contributed by atoms with Gasteiger partial charge in [0.1, 0.15) is 0 Å². The molecule has 0 bridgehead atoms. The van der Waals surface area contributed by atoms with Crippen molar-refractivity contribution in [2.24, 2.45) is 11.8 Å². The Labute approximate surface area is 197 Å². The number of aliphatic hydroxyl groups excluding tert-OH is 2. The molecule has 4 atom stereocenters. The molecule has 10 nitrogen and oxygen atoms in total. The van der Waals surface area contributed by atoms with E-state index in [2.05, 4.69) is 10.9 Å². The molecule has 1 amide bonds. The normalized spacial score (nSPS) is 22.6. The molecule has 2 aromatic carbocycles. The lowest BCUT2D eigenvalue weighted by atomic mass is 9.65. The molecule has 0 saturated heterocycles. The molecular weight excluding hydrogens is 444 g/mol. The summed E-state index contributed by atoms with van der Waals surface area (Å²) in [5.41, 5.74) is 7.47. The van der Waals surface area contributed by atoms with Crippen LogP contribution in [0.4, 0.5) is 0 Å². The Hall–Kier alpha value is -3.21. The highest BCUT2D eigenvalue weighted by atomic mass is 16.7. The summed E-state index contributed by atoms with van der Waals surface area (Å²) in [4.78, 5) is 13.4. The number of carbonyl (C=O) groups excluding carboxylic acids is 1. The van der Waals surface area contributed by atoms with Crippen molar-refractivity contribution < 1.29 is 38.7 Å². The van der Waals surface area contributed by atoms with Gasteiger partial charge in [-0.25, -0.2) is 5.43 Å². The summed E-state index contributed by atoms with van der Waals surface area (Å²) in [6, 6.07) is 7.06. The van der Waals surface area contributed by atoms with Crippen LogP contribution in [-0.2, 0) is 4.79 Å². The van der Waals surface area contributed by atoms with Crippen molar-refractivity contribution >= 4 is 5.91 Å². The number of hydrazine groups is 1. The predicted octanol–water partition coefficient (Wildman–Crippen LogP) is 1.49. The van der Waals surface area contributed by atoms with Crippen molar-refractivity contribution in [3.05, 3.63) is 41.0 Å². The predicted molar refractivity (Wildman–Crippen MR) is 121 cm³/mol. The topological polar surface area (TPSA) is 128 Å². The molecule has 10 heteroatoms. The molecule has 0 unspecified atom stereocenters. The molecule has 1 aliphatic carbocycles. The minimum absolute atomic E-state index is 0.0664. The van der Waals surface area contributed by atoms with Gasteiger partial charge in [-0.1, -0.05) is 6.92 Å². The van der Waals surface area contributed by atoms with Gasteiger partial charge in [0.15, 0.2) is 23.0 Å². The maximum absolute atomic E-state index is 13.4. The van der Waals surface area contributed by atoms with Gasteiger partial charge in [-0.15, -0.1) is 0 Å². The van der Waals surface area contributed by atoms with Crippen LogP contribution in [0, 0.1) is 11.8 Å². The molecule has 1 heterocycles. The Bertz CT molecular complexity index is 1030. The minimum Gasteiger partial charge on any atom is -0.493 e. The van der Waals surface area contributed by atoms with Gasteiger partial charge in [0.25, 0.3) is 0 Å². The van der Waals surface area contributed by atoms with E-state index < -0.39 is 30.5 Å². The van der Waals surface area contributed by atoms with Crippen LogP contribution in [0.1, 0.15) is 35.6 Å². The molecular formula is C24H30N2O8. The fraction of sp³-hybridized carbons (Fsp3) is 0.458. The van der Waals surface area contributed by atoms with Crippen LogP contribution in [-0.4, -0.2) is 57.4 Å². The molecule has 0 aromatic heterocycles. The number of fused-ring (bicyclic) bond motifs is 2. The van der Waals surface area contributed by atoms with Gasteiger partial charge in [-0.2, -0.15) is 0 Å². The van der Waals surface area contributed by atoms with E-state index in [0.717, 1.165) is 0 Å². The van der Waals surface area contributed by atoms with Crippen molar-refractivity contribution in [2.45, 2.75) is 18.9 Å². The van der Waals surface area contributed by atoms with Crippen molar-refractivity contribution in [1.82, 2.24) is 10.9 Å². The molecule has 0 radical (unpaired) electrons. The number of methoxy groups -OCH3 is 3. The van der Waals surface area contributed by atoms with Crippen LogP contribution in [0.5, 0.6) is 28.7 Å². The third kappa shape index (κ3) is 3.97. The summed E-state index contributed by atoms with van der Waals surface area (Å²) < 4.78 is 27.7. The first-order chi connectivity index (χ1) is 16.5. The average molecular weight is 475 g/mol. The van der Waals surface area contributed by atoms with Gasteiger partial charge in [-0.05, 0) is 41.0 Å². The second-order valence-corrected chi connectivity index (χ2v) is 8.11. The second-order valence-electron chi connectivity index (χ2n) is 8.11. The fourth-order valence-electron chi connectivity index (χ4n) is 4.85. The van der Waals surface area contributed by atoms with Gasteiger partial charge in [0.05, 0.1) is 33.4 Å². The number of carbonyl (C=O) groups is 1. The van der Waals surface area contributed by atoms with Crippen LogP contribution in [0.2, 0.25) is 0 Å². The Balaban J connectivity index is 1.96. The molecule has 4 N–H and O–H groups in total. The number of rotatable bonds is 8. The standard InChI is InChI=1S/C24H30N2O8/c1-5-25-26-24(29)21-15(10-27)22(28)14-9-17-16(33-11-34-17)8-13(14)20(21)12-6-18(30-2)23(32-4)19(7-12)31-3/h6-9,15,20-22,25,27-28H,5,10-11H2,1-4H3,(H,26,29)/t15-,20+,21-,22-/m0/s1. The highest BCUT2D eigenvalue weighted by Gasteiger charge is 2.47. The van der Waals surface area contributed by atoms with Crippen LogP contribution in [0.25, 0.3) is 0 Å².